The van der Waals surface area contributed by atoms with Gasteiger partial charge in [0.1, 0.15) is 12.4 Å². The standard InChI is InChI=1S/C21H29N3O/c1-23(2)11-6-12-24-15-18-9-10-19(13-20(18)21(24)14-22)25-16-17-7-4-3-5-8-17/h3-5,7-10,13,21H,6,11-12,14-16,22H2,1-2H3. The van der Waals surface area contributed by atoms with Gasteiger partial charge in [-0.05, 0) is 55.9 Å². The third kappa shape index (κ3) is 4.60. The second-order valence-corrected chi connectivity index (χ2v) is 7.01. The van der Waals surface area contributed by atoms with E-state index in [0.717, 1.165) is 31.8 Å². The minimum atomic E-state index is 0.303. The van der Waals surface area contributed by atoms with Gasteiger partial charge in [0.25, 0.3) is 0 Å². The topological polar surface area (TPSA) is 41.7 Å². The van der Waals surface area contributed by atoms with Gasteiger partial charge in [-0.2, -0.15) is 0 Å². The van der Waals surface area contributed by atoms with Crippen molar-refractivity contribution in [3.63, 3.8) is 0 Å². The lowest BCUT2D eigenvalue weighted by Crippen LogP contribution is -2.30. The zero-order valence-corrected chi connectivity index (χ0v) is 15.3. The van der Waals surface area contributed by atoms with E-state index in [0.29, 0.717) is 19.2 Å². The summed E-state index contributed by atoms with van der Waals surface area (Å²) in [6.45, 7) is 4.42. The van der Waals surface area contributed by atoms with Crippen molar-refractivity contribution in [2.75, 3.05) is 33.7 Å². The first kappa shape index (κ1) is 17.9. The van der Waals surface area contributed by atoms with Gasteiger partial charge in [0.15, 0.2) is 0 Å². The number of rotatable bonds is 8. The maximum atomic E-state index is 6.09. The molecule has 0 bridgehead atoms. The van der Waals surface area contributed by atoms with Gasteiger partial charge in [0, 0.05) is 25.7 Å². The average Bonchev–Trinajstić information content (AvgIpc) is 2.97. The van der Waals surface area contributed by atoms with Crippen LogP contribution in [0.4, 0.5) is 0 Å². The van der Waals surface area contributed by atoms with Crippen molar-refractivity contribution < 1.29 is 4.74 Å². The van der Waals surface area contributed by atoms with Gasteiger partial charge in [0.05, 0.1) is 0 Å². The maximum Gasteiger partial charge on any atom is 0.120 e. The average molecular weight is 339 g/mol. The molecule has 1 aliphatic rings. The second-order valence-electron chi connectivity index (χ2n) is 7.01. The molecule has 1 unspecified atom stereocenters. The number of hydrogen-bond acceptors (Lipinski definition) is 4. The van der Waals surface area contributed by atoms with Crippen molar-refractivity contribution in [2.45, 2.75) is 25.6 Å². The van der Waals surface area contributed by atoms with E-state index >= 15 is 0 Å². The molecule has 0 aliphatic carbocycles. The zero-order chi connectivity index (χ0) is 17.6. The first-order valence-electron chi connectivity index (χ1n) is 9.06. The van der Waals surface area contributed by atoms with Gasteiger partial charge in [-0.25, -0.2) is 0 Å². The van der Waals surface area contributed by atoms with E-state index in [1.54, 1.807) is 0 Å². The van der Waals surface area contributed by atoms with Crippen LogP contribution in [0.3, 0.4) is 0 Å². The van der Waals surface area contributed by atoms with Crippen LogP contribution in [0.15, 0.2) is 48.5 Å². The molecular weight excluding hydrogens is 310 g/mol. The third-order valence-corrected chi connectivity index (χ3v) is 4.81. The summed E-state index contributed by atoms with van der Waals surface area (Å²) in [4.78, 5) is 4.73. The number of fused-ring (bicyclic) bond motifs is 1. The maximum absolute atomic E-state index is 6.09. The van der Waals surface area contributed by atoms with Crippen LogP contribution in [0.2, 0.25) is 0 Å². The van der Waals surface area contributed by atoms with Gasteiger partial charge >= 0.3 is 0 Å². The molecule has 2 aromatic rings. The normalized spacial score (nSPS) is 17.0. The molecule has 4 nitrogen and oxygen atoms in total. The Balaban J connectivity index is 1.64. The lowest BCUT2D eigenvalue weighted by Gasteiger charge is -2.24. The largest absolute Gasteiger partial charge is 0.489 e. The molecule has 1 atom stereocenters. The number of nitrogens with two attached hydrogens (primary N) is 1. The molecule has 0 radical (unpaired) electrons. The van der Waals surface area contributed by atoms with E-state index in [4.69, 9.17) is 10.5 Å². The molecule has 0 aromatic heterocycles. The Hall–Kier alpha value is -1.88. The summed E-state index contributed by atoms with van der Waals surface area (Å²) in [5.41, 5.74) is 9.99. The van der Waals surface area contributed by atoms with Crippen LogP contribution in [0.25, 0.3) is 0 Å². The van der Waals surface area contributed by atoms with Crippen molar-refractivity contribution >= 4 is 0 Å². The number of hydrogen-bond donors (Lipinski definition) is 1. The van der Waals surface area contributed by atoms with Crippen molar-refractivity contribution in [2.24, 2.45) is 5.73 Å². The van der Waals surface area contributed by atoms with Crippen LogP contribution in [-0.2, 0) is 13.2 Å². The van der Waals surface area contributed by atoms with Crippen molar-refractivity contribution in [3.05, 3.63) is 65.2 Å². The fourth-order valence-corrected chi connectivity index (χ4v) is 3.48. The van der Waals surface area contributed by atoms with Crippen LogP contribution in [0, 0.1) is 0 Å². The Bertz CT molecular complexity index is 672. The number of ether oxygens (including phenoxy) is 1. The summed E-state index contributed by atoms with van der Waals surface area (Å²) < 4.78 is 5.99. The Labute approximate surface area is 151 Å². The van der Waals surface area contributed by atoms with Crippen molar-refractivity contribution in [1.82, 2.24) is 9.80 Å². The smallest absolute Gasteiger partial charge is 0.120 e. The summed E-state index contributed by atoms with van der Waals surface area (Å²) in [7, 11) is 4.24. The lowest BCUT2D eigenvalue weighted by atomic mass is 10.0. The van der Waals surface area contributed by atoms with Gasteiger partial charge < -0.3 is 15.4 Å². The van der Waals surface area contributed by atoms with E-state index in [2.05, 4.69) is 54.2 Å². The Morgan fingerprint density at radius 2 is 1.96 bits per heavy atom. The Morgan fingerprint density at radius 3 is 2.68 bits per heavy atom. The van der Waals surface area contributed by atoms with Gasteiger partial charge in [-0.15, -0.1) is 0 Å². The highest BCUT2D eigenvalue weighted by atomic mass is 16.5. The molecule has 2 N–H and O–H groups in total. The van der Waals surface area contributed by atoms with Crippen LogP contribution in [0.1, 0.15) is 29.2 Å². The highest BCUT2D eigenvalue weighted by Gasteiger charge is 2.29. The fraction of sp³-hybridized carbons (Fsp3) is 0.429. The third-order valence-electron chi connectivity index (χ3n) is 4.81. The predicted molar refractivity (Wildman–Crippen MR) is 103 cm³/mol. The van der Waals surface area contributed by atoms with Crippen molar-refractivity contribution in [3.8, 4) is 5.75 Å². The molecule has 0 amide bonds. The molecule has 0 fully saturated rings. The SMILES string of the molecule is CN(C)CCCN1Cc2ccc(OCc3ccccc3)cc2C1CN. The van der Waals surface area contributed by atoms with Crippen LogP contribution >= 0.6 is 0 Å². The summed E-state index contributed by atoms with van der Waals surface area (Å²) in [6.07, 6.45) is 1.16. The molecule has 0 spiro atoms. The van der Waals surface area contributed by atoms with E-state index in [1.165, 1.54) is 16.7 Å². The molecule has 25 heavy (non-hydrogen) atoms. The quantitative estimate of drug-likeness (QED) is 0.803. The Kier molecular flexibility index (Phi) is 6.08. The minimum absolute atomic E-state index is 0.303. The van der Waals surface area contributed by atoms with E-state index in [-0.39, 0.29) is 0 Å². The predicted octanol–water partition coefficient (Wildman–Crippen LogP) is 3.03. The molecule has 134 valence electrons. The molecule has 2 aromatic carbocycles. The summed E-state index contributed by atoms with van der Waals surface area (Å²) >= 11 is 0. The van der Waals surface area contributed by atoms with Crippen LogP contribution in [0.5, 0.6) is 5.75 Å². The molecule has 3 rings (SSSR count). The summed E-state index contributed by atoms with van der Waals surface area (Å²) in [5.74, 6) is 0.927. The van der Waals surface area contributed by atoms with Crippen LogP contribution < -0.4 is 10.5 Å². The second kappa shape index (κ2) is 8.48. The molecule has 0 saturated heterocycles. The number of nitrogens with zero attached hydrogens (tertiary/aromatic N) is 2. The van der Waals surface area contributed by atoms with Gasteiger partial charge in [0.2, 0.25) is 0 Å². The summed E-state index contributed by atoms with van der Waals surface area (Å²) in [5, 5.41) is 0. The monoisotopic (exact) mass is 339 g/mol. The first-order chi connectivity index (χ1) is 12.2. The van der Waals surface area contributed by atoms with E-state index in [1.807, 2.05) is 18.2 Å². The molecular formula is C21H29N3O. The fourth-order valence-electron chi connectivity index (χ4n) is 3.48. The van der Waals surface area contributed by atoms with E-state index in [9.17, 15) is 0 Å². The van der Waals surface area contributed by atoms with Gasteiger partial charge in [-0.1, -0.05) is 36.4 Å². The molecule has 1 heterocycles. The highest BCUT2D eigenvalue weighted by Crippen LogP contribution is 2.35. The minimum Gasteiger partial charge on any atom is -0.489 e. The van der Waals surface area contributed by atoms with Crippen molar-refractivity contribution in [1.29, 1.82) is 0 Å². The molecule has 0 saturated carbocycles. The lowest BCUT2D eigenvalue weighted by molar-refractivity contribution is 0.208. The van der Waals surface area contributed by atoms with E-state index < -0.39 is 0 Å². The van der Waals surface area contributed by atoms with Gasteiger partial charge in [-0.3, -0.25) is 4.90 Å². The Morgan fingerprint density at radius 1 is 1.16 bits per heavy atom. The molecule has 4 heteroatoms. The molecule has 1 aliphatic heterocycles. The van der Waals surface area contributed by atoms with Crippen LogP contribution in [-0.4, -0.2) is 43.5 Å². The zero-order valence-electron chi connectivity index (χ0n) is 15.3. The first-order valence-corrected chi connectivity index (χ1v) is 9.06. The summed E-state index contributed by atoms with van der Waals surface area (Å²) in [6, 6.07) is 17.0. The highest BCUT2D eigenvalue weighted by molar-refractivity contribution is 5.41. The number of benzene rings is 2.